The Kier molecular flexibility index (Phi) is 4.60. The number of primary amides is 1. The van der Waals surface area contributed by atoms with Gasteiger partial charge in [-0.1, -0.05) is 13.8 Å². The summed E-state index contributed by atoms with van der Waals surface area (Å²) in [7, 11) is 0. The van der Waals surface area contributed by atoms with Gasteiger partial charge in [0.25, 0.3) is 11.6 Å². The number of piperidine rings is 1. The van der Waals surface area contributed by atoms with E-state index in [1.165, 1.54) is 0 Å². The van der Waals surface area contributed by atoms with Crippen LogP contribution in [0, 0.1) is 15.5 Å². The monoisotopic (exact) mass is 307 g/mol. The Hall–Kier alpha value is -2.22. The molecule has 1 aromatic heterocycles. The smallest absolute Gasteiger partial charge is 0.288 e. The zero-order valence-corrected chi connectivity index (χ0v) is 12.8. The molecule has 8 nitrogen and oxygen atoms in total. The predicted octanol–water partition coefficient (Wildman–Crippen LogP) is 1.28. The second-order valence-electron chi connectivity index (χ2n) is 6.19. The summed E-state index contributed by atoms with van der Waals surface area (Å²) in [6, 6.07) is 1.37. The third-order valence-corrected chi connectivity index (χ3v) is 4.16. The standard InChI is InChI=1S/C14H21N5O3/c1-14(2)4-3-5-16-11(14)8-18-13-10(12(15)20)6-9(7-17-13)19(21)22/h6-7,11,16H,3-5,8H2,1-2H3,(H2,15,20)(H,17,18). The number of nitrogens with two attached hydrogens (primary N) is 1. The topological polar surface area (TPSA) is 123 Å². The van der Waals surface area contributed by atoms with E-state index < -0.39 is 10.8 Å². The number of nitrogens with zero attached hydrogens (tertiary/aromatic N) is 2. The number of carbonyl (C=O) groups is 1. The van der Waals surface area contributed by atoms with Crippen molar-refractivity contribution in [2.45, 2.75) is 32.7 Å². The molecule has 0 saturated carbocycles. The minimum absolute atomic E-state index is 0.0304. The molecule has 1 amide bonds. The van der Waals surface area contributed by atoms with Crippen molar-refractivity contribution in [2.24, 2.45) is 11.1 Å². The first-order valence-electron chi connectivity index (χ1n) is 7.23. The van der Waals surface area contributed by atoms with Gasteiger partial charge in [0.2, 0.25) is 0 Å². The van der Waals surface area contributed by atoms with Crippen LogP contribution in [0.3, 0.4) is 0 Å². The SMILES string of the molecule is CC1(C)CCCNC1CNc1ncc([N+](=O)[O-])cc1C(N)=O. The van der Waals surface area contributed by atoms with Crippen LogP contribution >= 0.6 is 0 Å². The van der Waals surface area contributed by atoms with Gasteiger partial charge in [-0.05, 0) is 24.8 Å². The van der Waals surface area contributed by atoms with Gasteiger partial charge >= 0.3 is 0 Å². The van der Waals surface area contributed by atoms with E-state index in [0.717, 1.165) is 31.6 Å². The van der Waals surface area contributed by atoms with E-state index in [2.05, 4.69) is 29.5 Å². The van der Waals surface area contributed by atoms with Crippen LogP contribution in [0.2, 0.25) is 0 Å². The molecular formula is C14H21N5O3. The van der Waals surface area contributed by atoms with Crippen LogP contribution in [0.25, 0.3) is 0 Å². The van der Waals surface area contributed by atoms with Crippen molar-refractivity contribution >= 4 is 17.4 Å². The molecule has 1 unspecified atom stereocenters. The molecule has 8 heteroatoms. The van der Waals surface area contributed by atoms with E-state index >= 15 is 0 Å². The minimum atomic E-state index is -0.741. The number of amides is 1. The maximum absolute atomic E-state index is 11.5. The lowest BCUT2D eigenvalue weighted by molar-refractivity contribution is -0.385. The van der Waals surface area contributed by atoms with Gasteiger partial charge in [-0.3, -0.25) is 14.9 Å². The number of nitrogens with one attached hydrogen (secondary N) is 2. The van der Waals surface area contributed by atoms with E-state index in [1.54, 1.807) is 0 Å². The van der Waals surface area contributed by atoms with E-state index in [-0.39, 0.29) is 28.5 Å². The minimum Gasteiger partial charge on any atom is -0.368 e. The average Bonchev–Trinajstić information content (AvgIpc) is 2.45. The summed E-state index contributed by atoms with van der Waals surface area (Å²) in [5, 5.41) is 17.3. The molecule has 2 rings (SSSR count). The molecule has 0 radical (unpaired) electrons. The zero-order valence-electron chi connectivity index (χ0n) is 12.8. The normalized spacial score (nSPS) is 20.4. The van der Waals surface area contributed by atoms with Crippen LogP contribution < -0.4 is 16.4 Å². The largest absolute Gasteiger partial charge is 0.368 e. The van der Waals surface area contributed by atoms with Gasteiger partial charge in [0.1, 0.15) is 12.0 Å². The lowest BCUT2D eigenvalue weighted by Crippen LogP contribution is -2.50. The van der Waals surface area contributed by atoms with Crippen molar-refractivity contribution < 1.29 is 9.72 Å². The second kappa shape index (κ2) is 6.27. The Bertz CT molecular complexity index is 588. The fourth-order valence-corrected chi connectivity index (χ4v) is 2.70. The summed E-state index contributed by atoms with van der Waals surface area (Å²) in [6.07, 6.45) is 3.36. The Labute approximate surface area is 128 Å². The van der Waals surface area contributed by atoms with Gasteiger partial charge in [0.15, 0.2) is 0 Å². The number of hydrogen-bond acceptors (Lipinski definition) is 6. The highest BCUT2D eigenvalue weighted by Gasteiger charge is 2.32. The molecule has 1 aliphatic heterocycles. The van der Waals surface area contributed by atoms with Crippen LogP contribution in [-0.2, 0) is 0 Å². The first-order valence-corrected chi connectivity index (χ1v) is 7.23. The Balaban J connectivity index is 2.15. The molecule has 22 heavy (non-hydrogen) atoms. The van der Waals surface area contributed by atoms with Gasteiger partial charge in [0.05, 0.1) is 10.5 Å². The number of hydrogen-bond donors (Lipinski definition) is 3. The summed E-state index contributed by atoms with van der Waals surface area (Å²) in [5.74, 6) is -0.462. The summed E-state index contributed by atoms with van der Waals surface area (Å²) in [6.45, 7) is 5.89. The van der Waals surface area contributed by atoms with Crippen LogP contribution in [0.4, 0.5) is 11.5 Å². The fraction of sp³-hybridized carbons (Fsp3) is 0.571. The molecule has 1 fully saturated rings. The van der Waals surface area contributed by atoms with Crippen molar-refractivity contribution in [2.75, 3.05) is 18.4 Å². The van der Waals surface area contributed by atoms with Crippen molar-refractivity contribution in [1.82, 2.24) is 10.3 Å². The van der Waals surface area contributed by atoms with Crippen LogP contribution in [-0.4, -0.2) is 34.9 Å². The quantitative estimate of drug-likeness (QED) is 0.556. The van der Waals surface area contributed by atoms with Crippen molar-refractivity contribution in [3.05, 3.63) is 27.9 Å². The second-order valence-corrected chi connectivity index (χ2v) is 6.19. The molecule has 2 heterocycles. The predicted molar refractivity (Wildman–Crippen MR) is 82.7 cm³/mol. The average molecular weight is 307 g/mol. The summed E-state index contributed by atoms with van der Waals surface area (Å²) < 4.78 is 0. The number of carbonyl (C=O) groups excluding carboxylic acids is 1. The Morgan fingerprint density at radius 3 is 2.95 bits per heavy atom. The molecule has 0 aromatic carbocycles. The Morgan fingerprint density at radius 2 is 2.36 bits per heavy atom. The van der Waals surface area contributed by atoms with Gasteiger partial charge in [-0.25, -0.2) is 4.98 Å². The molecule has 0 spiro atoms. The number of nitro groups is 1. The Morgan fingerprint density at radius 1 is 1.64 bits per heavy atom. The van der Waals surface area contributed by atoms with E-state index in [1.807, 2.05) is 0 Å². The molecular weight excluding hydrogens is 286 g/mol. The van der Waals surface area contributed by atoms with Crippen molar-refractivity contribution in [3.8, 4) is 0 Å². The first kappa shape index (κ1) is 16.2. The van der Waals surface area contributed by atoms with Crippen molar-refractivity contribution in [1.29, 1.82) is 0 Å². The third-order valence-electron chi connectivity index (χ3n) is 4.16. The molecule has 4 N–H and O–H groups in total. The summed E-state index contributed by atoms with van der Waals surface area (Å²) in [4.78, 5) is 25.6. The molecule has 0 aliphatic carbocycles. The number of rotatable bonds is 5. The van der Waals surface area contributed by atoms with Crippen LogP contribution in [0.1, 0.15) is 37.0 Å². The molecule has 1 aromatic rings. The van der Waals surface area contributed by atoms with Gasteiger partial charge in [-0.15, -0.1) is 0 Å². The molecule has 1 atom stereocenters. The maximum Gasteiger partial charge on any atom is 0.288 e. The van der Waals surface area contributed by atoms with Gasteiger partial charge in [0, 0.05) is 18.7 Å². The molecule has 0 bridgehead atoms. The molecule has 120 valence electrons. The zero-order chi connectivity index (χ0) is 16.3. The first-order chi connectivity index (χ1) is 10.3. The summed E-state index contributed by atoms with van der Waals surface area (Å²) in [5.41, 5.74) is 5.19. The maximum atomic E-state index is 11.5. The van der Waals surface area contributed by atoms with Gasteiger partial charge < -0.3 is 16.4 Å². The molecule has 1 aliphatic rings. The van der Waals surface area contributed by atoms with Crippen molar-refractivity contribution in [3.63, 3.8) is 0 Å². The number of anilines is 1. The van der Waals surface area contributed by atoms with Crippen LogP contribution in [0.15, 0.2) is 12.3 Å². The summed E-state index contributed by atoms with van der Waals surface area (Å²) >= 11 is 0. The van der Waals surface area contributed by atoms with E-state index in [4.69, 9.17) is 5.73 Å². The highest BCUT2D eigenvalue weighted by molar-refractivity contribution is 5.98. The van der Waals surface area contributed by atoms with E-state index in [9.17, 15) is 14.9 Å². The number of aromatic nitrogens is 1. The number of pyridine rings is 1. The third kappa shape index (κ3) is 3.51. The van der Waals surface area contributed by atoms with E-state index in [0.29, 0.717) is 6.54 Å². The highest BCUT2D eigenvalue weighted by Crippen LogP contribution is 2.30. The molecule has 1 saturated heterocycles. The van der Waals surface area contributed by atoms with Gasteiger partial charge in [-0.2, -0.15) is 0 Å². The highest BCUT2D eigenvalue weighted by atomic mass is 16.6. The lowest BCUT2D eigenvalue weighted by atomic mass is 9.77. The lowest BCUT2D eigenvalue weighted by Gasteiger charge is -2.39. The van der Waals surface area contributed by atoms with Crippen LogP contribution in [0.5, 0.6) is 0 Å². The fourth-order valence-electron chi connectivity index (χ4n) is 2.70.